The highest BCUT2D eigenvalue weighted by Gasteiger charge is 2.19. The zero-order valence-corrected chi connectivity index (χ0v) is 41.8. The SMILES string of the molecule is CC/C=C\C/C=C\C/C=C\C/C=C\C/C=C\CCCCCCCCCC(=O)OCC(COC(=O)CCCCCCC/C=C\CCC)OC(=O)CCCCCCC/C=C\CCCCCC. The molecule has 0 radical (unpaired) electrons. The summed E-state index contributed by atoms with van der Waals surface area (Å²) in [6, 6.07) is 0. The molecule has 0 aromatic rings. The van der Waals surface area contributed by atoms with E-state index in [9.17, 15) is 14.4 Å². The maximum absolute atomic E-state index is 12.8. The number of unbranched alkanes of at least 4 members (excludes halogenated alkanes) is 22. The molecular formula is C58H98O6. The van der Waals surface area contributed by atoms with Crippen LogP contribution >= 0.6 is 0 Å². The maximum Gasteiger partial charge on any atom is 0.306 e. The third-order valence-corrected chi connectivity index (χ3v) is 11.1. The van der Waals surface area contributed by atoms with Crippen molar-refractivity contribution in [2.45, 2.75) is 252 Å². The minimum Gasteiger partial charge on any atom is -0.462 e. The van der Waals surface area contributed by atoms with Crippen molar-refractivity contribution in [2.75, 3.05) is 13.2 Å². The molecule has 1 atom stereocenters. The highest BCUT2D eigenvalue weighted by Crippen LogP contribution is 2.14. The van der Waals surface area contributed by atoms with Gasteiger partial charge in [0.25, 0.3) is 0 Å². The summed E-state index contributed by atoms with van der Waals surface area (Å²) in [5, 5.41) is 0. The molecule has 6 nitrogen and oxygen atoms in total. The van der Waals surface area contributed by atoms with E-state index < -0.39 is 6.10 Å². The molecule has 0 aromatic carbocycles. The van der Waals surface area contributed by atoms with Gasteiger partial charge in [0, 0.05) is 19.3 Å². The number of hydrogen-bond donors (Lipinski definition) is 0. The van der Waals surface area contributed by atoms with E-state index in [1.807, 2.05) is 0 Å². The second kappa shape index (κ2) is 52.2. The quantitative estimate of drug-likeness (QED) is 0.0262. The number of hydrogen-bond acceptors (Lipinski definition) is 6. The first kappa shape index (κ1) is 60.6. The van der Waals surface area contributed by atoms with Crippen LogP contribution in [0.15, 0.2) is 85.1 Å². The Labute approximate surface area is 395 Å². The van der Waals surface area contributed by atoms with E-state index in [4.69, 9.17) is 14.2 Å². The third kappa shape index (κ3) is 49.6. The van der Waals surface area contributed by atoms with Crippen LogP contribution in [0.2, 0.25) is 0 Å². The van der Waals surface area contributed by atoms with Crippen LogP contribution in [0.4, 0.5) is 0 Å². The van der Waals surface area contributed by atoms with Crippen LogP contribution in [0.5, 0.6) is 0 Å². The number of rotatable bonds is 47. The fourth-order valence-corrected chi connectivity index (χ4v) is 7.11. The molecule has 0 rings (SSSR count). The molecular weight excluding hydrogens is 793 g/mol. The van der Waals surface area contributed by atoms with Gasteiger partial charge in [0.15, 0.2) is 6.10 Å². The monoisotopic (exact) mass is 891 g/mol. The van der Waals surface area contributed by atoms with Crippen molar-refractivity contribution in [1.29, 1.82) is 0 Å². The Hall–Kier alpha value is -3.41. The normalized spacial score (nSPS) is 12.7. The number of ether oxygens (including phenoxy) is 3. The van der Waals surface area contributed by atoms with Gasteiger partial charge in [-0.25, -0.2) is 0 Å². The second-order valence-corrected chi connectivity index (χ2v) is 17.4. The number of carbonyl (C=O) groups is 3. The lowest BCUT2D eigenvalue weighted by atomic mass is 10.1. The standard InChI is InChI=1S/C58H98O6/c1-4-7-10-13-16-19-22-24-25-26-27-28-29-30-31-32-33-35-36-39-42-45-48-51-57(60)63-54-55(53-62-56(59)50-47-44-41-38-21-18-15-12-9-6-3)64-58(61)52-49-46-43-40-37-34-23-20-17-14-11-8-5-2/h7,10,12,15-16,19-20,23-25,27-28,30-31,55H,4-6,8-9,11,13-14,17-18,21-22,26,29,32-54H2,1-3H3/b10-7-,15-12-,19-16-,23-20-,25-24-,28-27-,31-30-. The van der Waals surface area contributed by atoms with Gasteiger partial charge in [0.1, 0.15) is 13.2 Å². The first-order valence-corrected chi connectivity index (χ1v) is 26.6. The Morgan fingerprint density at radius 1 is 0.328 bits per heavy atom. The van der Waals surface area contributed by atoms with E-state index >= 15 is 0 Å². The Morgan fingerprint density at radius 3 is 1.03 bits per heavy atom. The molecule has 0 spiro atoms. The summed E-state index contributed by atoms with van der Waals surface area (Å²) in [4.78, 5) is 37.9. The van der Waals surface area contributed by atoms with Gasteiger partial charge in [-0.05, 0) is 109 Å². The molecule has 64 heavy (non-hydrogen) atoms. The van der Waals surface area contributed by atoms with E-state index in [1.165, 1.54) is 83.5 Å². The zero-order valence-electron chi connectivity index (χ0n) is 41.8. The topological polar surface area (TPSA) is 78.9 Å². The summed E-state index contributed by atoms with van der Waals surface area (Å²) in [7, 11) is 0. The molecule has 0 fully saturated rings. The Kier molecular flexibility index (Phi) is 49.4. The summed E-state index contributed by atoms with van der Waals surface area (Å²) in [5.41, 5.74) is 0. The maximum atomic E-state index is 12.8. The molecule has 0 aliphatic heterocycles. The van der Waals surface area contributed by atoms with Crippen molar-refractivity contribution in [3.05, 3.63) is 85.1 Å². The Morgan fingerprint density at radius 2 is 0.641 bits per heavy atom. The average Bonchev–Trinajstić information content (AvgIpc) is 3.29. The lowest BCUT2D eigenvalue weighted by Crippen LogP contribution is -2.30. The lowest BCUT2D eigenvalue weighted by Gasteiger charge is -2.18. The van der Waals surface area contributed by atoms with Gasteiger partial charge in [-0.15, -0.1) is 0 Å². The fourth-order valence-electron chi connectivity index (χ4n) is 7.11. The summed E-state index contributed by atoms with van der Waals surface area (Å²) in [6.07, 6.45) is 67.1. The summed E-state index contributed by atoms with van der Waals surface area (Å²) in [5.74, 6) is -0.919. The van der Waals surface area contributed by atoms with Crippen molar-refractivity contribution < 1.29 is 28.6 Å². The number of esters is 3. The fraction of sp³-hybridized carbons (Fsp3) is 0.707. The minimum atomic E-state index is -0.787. The van der Waals surface area contributed by atoms with Gasteiger partial charge in [-0.2, -0.15) is 0 Å². The van der Waals surface area contributed by atoms with Gasteiger partial charge >= 0.3 is 17.9 Å². The first-order chi connectivity index (χ1) is 31.5. The lowest BCUT2D eigenvalue weighted by molar-refractivity contribution is -0.167. The highest BCUT2D eigenvalue weighted by molar-refractivity contribution is 5.71. The summed E-state index contributed by atoms with van der Waals surface area (Å²) >= 11 is 0. The van der Waals surface area contributed by atoms with E-state index in [2.05, 4.69) is 106 Å². The summed E-state index contributed by atoms with van der Waals surface area (Å²) < 4.78 is 16.8. The molecule has 1 unspecified atom stereocenters. The molecule has 0 amide bonds. The van der Waals surface area contributed by atoms with Crippen LogP contribution in [0.3, 0.4) is 0 Å². The smallest absolute Gasteiger partial charge is 0.306 e. The second-order valence-electron chi connectivity index (χ2n) is 17.4. The van der Waals surface area contributed by atoms with Crippen LogP contribution < -0.4 is 0 Å². The molecule has 0 heterocycles. The van der Waals surface area contributed by atoms with Crippen LogP contribution in [0.25, 0.3) is 0 Å². The zero-order chi connectivity index (χ0) is 46.5. The van der Waals surface area contributed by atoms with Crippen LogP contribution in [-0.2, 0) is 28.6 Å². The molecule has 0 N–H and O–H groups in total. The van der Waals surface area contributed by atoms with Gasteiger partial charge in [0.2, 0.25) is 0 Å². The summed E-state index contributed by atoms with van der Waals surface area (Å²) in [6.45, 7) is 6.42. The highest BCUT2D eigenvalue weighted by atomic mass is 16.6. The van der Waals surface area contributed by atoms with Crippen LogP contribution in [-0.4, -0.2) is 37.2 Å². The van der Waals surface area contributed by atoms with Gasteiger partial charge in [-0.3, -0.25) is 14.4 Å². The van der Waals surface area contributed by atoms with Gasteiger partial charge in [-0.1, -0.05) is 202 Å². The predicted octanol–water partition coefficient (Wildman–Crippen LogP) is 17.6. The van der Waals surface area contributed by atoms with Crippen LogP contribution in [0.1, 0.15) is 245 Å². The molecule has 366 valence electrons. The average molecular weight is 891 g/mol. The van der Waals surface area contributed by atoms with E-state index in [0.717, 1.165) is 122 Å². The van der Waals surface area contributed by atoms with Crippen molar-refractivity contribution >= 4 is 17.9 Å². The van der Waals surface area contributed by atoms with Crippen molar-refractivity contribution in [1.82, 2.24) is 0 Å². The number of carbonyl (C=O) groups excluding carboxylic acids is 3. The van der Waals surface area contributed by atoms with E-state index in [0.29, 0.717) is 19.3 Å². The van der Waals surface area contributed by atoms with Crippen molar-refractivity contribution in [3.63, 3.8) is 0 Å². The van der Waals surface area contributed by atoms with Crippen molar-refractivity contribution in [2.24, 2.45) is 0 Å². The van der Waals surface area contributed by atoms with Gasteiger partial charge in [0.05, 0.1) is 0 Å². The Balaban J connectivity index is 4.32. The first-order valence-electron chi connectivity index (χ1n) is 26.6. The molecule has 0 bridgehead atoms. The van der Waals surface area contributed by atoms with E-state index in [-0.39, 0.29) is 31.1 Å². The molecule has 0 aromatic heterocycles. The van der Waals surface area contributed by atoms with E-state index in [1.54, 1.807) is 0 Å². The molecule has 6 heteroatoms. The number of allylic oxidation sites excluding steroid dienone is 14. The minimum absolute atomic E-state index is 0.0881. The molecule has 0 saturated heterocycles. The third-order valence-electron chi connectivity index (χ3n) is 11.1. The molecule has 0 saturated carbocycles. The molecule has 0 aliphatic carbocycles. The van der Waals surface area contributed by atoms with Crippen molar-refractivity contribution in [3.8, 4) is 0 Å². The molecule has 0 aliphatic rings. The van der Waals surface area contributed by atoms with Gasteiger partial charge < -0.3 is 14.2 Å². The predicted molar refractivity (Wildman–Crippen MR) is 274 cm³/mol. The largest absolute Gasteiger partial charge is 0.462 e. The van der Waals surface area contributed by atoms with Crippen LogP contribution in [0, 0.1) is 0 Å². The Bertz CT molecular complexity index is 1250.